The molecule has 0 bridgehead atoms. The van der Waals surface area contributed by atoms with Gasteiger partial charge in [-0.25, -0.2) is 12.8 Å². The summed E-state index contributed by atoms with van der Waals surface area (Å²) in [5, 5.41) is 2.05. The second-order valence-corrected chi connectivity index (χ2v) is 12.5. The SMILES string of the molecule is CCNC(=O)[C@H](Cc1ccccc1)N(Cc1ccc(F)cc1)C(=O)CN(c1ccc(Cl)c(C(F)(F)F)c1)S(=O)(=O)c1ccccc1. The highest BCUT2D eigenvalue weighted by Gasteiger charge is 2.37. The van der Waals surface area contributed by atoms with Gasteiger partial charge in [0.25, 0.3) is 10.0 Å². The zero-order chi connectivity index (χ0) is 33.5. The number of sulfonamides is 1. The highest BCUT2D eigenvalue weighted by molar-refractivity contribution is 7.92. The molecule has 0 aliphatic rings. The summed E-state index contributed by atoms with van der Waals surface area (Å²) in [5.74, 6) is -1.96. The molecule has 0 fully saturated rings. The molecule has 46 heavy (non-hydrogen) atoms. The van der Waals surface area contributed by atoms with E-state index in [0.29, 0.717) is 21.5 Å². The molecule has 13 heteroatoms. The molecule has 0 aromatic heterocycles. The quantitative estimate of drug-likeness (QED) is 0.175. The molecule has 0 unspecified atom stereocenters. The Kier molecular flexibility index (Phi) is 11.1. The molecule has 1 N–H and O–H groups in total. The van der Waals surface area contributed by atoms with E-state index in [1.165, 1.54) is 48.5 Å². The van der Waals surface area contributed by atoms with Crippen LogP contribution in [0.2, 0.25) is 5.02 Å². The third-order valence-corrected chi connectivity index (χ3v) is 9.16. The molecule has 0 heterocycles. The lowest BCUT2D eigenvalue weighted by Crippen LogP contribution is -2.53. The first-order chi connectivity index (χ1) is 21.8. The molecule has 0 saturated heterocycles. The van der Waals surface area contributed by atoms with Gasteiger partial charge in [0.15, 0.2) is 0 Å². The van der Waals surface area contributed by atoms with Crippen LogP contribution < -0.4 is 9.62 Å². The Balaban J connectivity index is 1.84. The van der Waals surface area contributed by atoms with E-state index >= 15 is 0 Å². The van der Waals surface area contributed by atoms with Crippen LogP contribution in [-0.2, 0) is 38.8 Å². The van der Waals surface area contributed by atoms with Gasteiger partial charge >= 0.3 is 6.18 Å². The van der Waals surface area contributed by atoms with E-state index in [-0.39, 0.29) is 24.4 Å². The third-order valence-electron chi connectivity index (χ3n) is 7.04. The van der Waals surface area contributed by atoms with Crippen molar-refractivity contribution >= 4 is 39.1 Å². The number of alkyl halides is 3. The van der Waals surface area contributed by atoms with Gasteiger partial charge in [0, 0.05) is 19.5 Å². The van der Waals surface area contributed by atoms with Crippen LogP contribution in [0.1, 0.15) is 23.6 Å². The number of benzene rings is 4. The van der Waals surface area contributed by atoms with Gasteiger partial charge in [-0.3, -0.25) is 13.9 Å². The molecule has 4 rings (SSSR count). The maximum Gasteiger partial charge on any atom is 0.417 e. The van der Waals surface area contributed by atoms with Gasteiger partial charge in [-0.1, -0.05) is 72.3 Å². The van der Waals surface area contributed by atoms with Crippen LogP contribution in [0.25, 0.3) is 0 Å². The Morgan fingerprint density at radius 3 is 2.07 bits per heavy atom. The van der Waals surface area contributed by atoms with Crippen molar-refractivity contribution in [1.82, 2.24) is 10.2 Å². The van der Waals surface area contributed by atoms with Crippen LogP contribution >= 0.6 is 11.6 Å². The molecule has 0 aliphatic heterocycles. The second kappa shape index (κ2) is 14.8. The summed E-state index contributed by atoms with van der Waals surface area (Å²) in [6.07, 6.45) is -4.89. The molecule has 0 aliphatic carbocycles. The first kappa shape index (κ1) is 34.5. The number of halogens is 5. The summed E-state index contributed by atoms with van der Waals surface area (Å²) >= 11 is 5.82. The van der Waals surface area contributed by atoms with Gasteiger partial charge < -0.3 is 10.2 Å². The van der Waals surface area contributed by atoms with Crippen LogP contribution in [0.4, 0.5) is 23.2 Å². The molecular weight excluding hydrogens is 646 g/mol. The fourth-order valence-electron chi connectivity index (χ4n) is 4.77. The van der Waals surface area contributed by atoms with Crippen molar-refractivity contribution in [1.29, 1.82) is 0 Å². The number of hydrogen-bond acceptors (Lipinski definition) is 4. The predicted molar refractivity (Wildman–Crippen MR) is 167 cm³/mol. The summed E-state index contributed by atoms with van der Waals surface area (Å²) in [5.41, 5.74) is -0.634. The smallest absolute Gasteiger partial charge is 0.355 e. The molecule has 7 nitrogen and oxygen atoms in total. The first-order valence-electron chi connectivity index (χ1n) is 14.1. The monoisotopic (exact) mass is 675 g/mol. The van der Waals surface area contributed by atoms with Crippen molar-refractivity contribution < 1.29 is 35.6 Å². The summed E-state index contributed by atoms with van der Waals surface area (Å²) in [4.78, 5) is 28.6. The van der Waals surface area contributed by atoms with Crippen molar-refractivity contribution in [2.24, 2.45) is 0 Å². The normalized spacial score (nSPS) is 12.3. The zero-order valence-corrected chi connectivity index (χ0v) is 26.1. The summed E-state index contributed by atoms with van der Waals surface area (Å²) in [6, 6.07) is 22.3. The Hall–Kier alpha value is -4.42. The van der Waals surface area contributed by atoms with E-state index in [4.69, 9.17) is 11.6 Å². The molecular formula is C33H30ClF4N3O4S. The van der Waals surface area contributed by atoms with Crippen molar-refractivity contribution in [2.75, 3.05) is 17.4 Å². The van der Waals surface area contributed by atoms with Crippen molar-refractivity contribution in [2.45, 2.75) is 37.0 Å². The number of nitrogens with zero attached hydrogens (tertiary/aromatic N) is 2. The predicted octanol–water partition coefficient (Wildman–Crippen LogP) is 6.47. The Bertz CT molecular complexity index is 1760. The Morgan fingerprint density at radius 2 is 1.48 bits per heavy atom. The third kappa shape index (κ3) is 8.43. The number of carbonyl (C=O) groups is 2. The van der Waals surface area contributed by atoms with E-state index in [9.17, 15) is 35.6 Å². The van der Waals surface area contributed by atoms with E-state index < -0.39 is 62.7 Å². The fourth-order valence-corrected chi connectivity index (χ4v) is 6.42. The second-order valence-electron chi connectivity index (χ2n) is 10.2. The summed E-state index contributed by atoms with van der Waals surface area (Å²) in [6.45, 7) is 0.711. The first-order valence-corrected chi connectivity index (χ1v) is 15.9. The minimum Gasteiger partial charge on any atom is -0.355 e. The Labute approximate surface area is 269 Å². The molecule has 0 saturated carbocycles. The standard InChI is InChI=1S/C33H30ClF4N3O4S/c1-2-39-32(43)30(19-23-9-5-3-6-10-23)40(21-24-13-15-25(35)16-14-24)31(42)22-41(46(44,45)27-11-7-4-8-12-27)26-17-18-29(34)28(20-26)33(36,37)38/h3-18,20,30H,2,19,21-22H2,1H3,(H,39,43)/t30-/m0/s1. The lowest BCUT2D eigenvalue weighted by atomic mass is 10.0. The van der Waals surface area contributed by atoms with E-state index in [2.05, 4.69) is 5.32 Å². The van der Waals surface area contributed by atoms with E-state index in [1.54, 1.807) is 43.3 Å². The van der Waals surface area contributed by atoms with Crippen LogP contribution in [0.5, 0.6) is 0 Å². The number of amides is 2. The fraction of sp³-hybridized carbons (Fsp3) is 0.212. The van der Waals surface area contributed by atoms with Crippen molar-refractivity contribution in [3.63, 3.8) is 0 Å². The van der Waals surface area contributed by atoms with Crippen LogP contribution in [0.3, 0.4) is 0 Å². The number of anilines is 1. The van der Waals surface area contributed by atoms with Gasteiger partial charge in [-0.05, 0) is 60.5 Å². The van der Waals surface area contributed by atoms with Gasteiger partial charge in [0.2, 0.25) is 11.8 Å². The van der Waals surface area contributed by atoms with E-state index in [1.807, 2.05) is 0 Å². The van der Waals surface area contributed by atoms with Gasteiger partial charge in [-0.2, -0.15) is 13.2 Å². The molecule has 4 aromatic carbocycles. The summed E-state index contributed by atoms with van der Waals surface area (Å²) in [7, 11) is -4.63. The summed E-state index contributed by atoms with van der Waals surface area (Å²) < 4.78 is 83.8. The molecule has 242 valence electrons. The van der Waals surface area contributed by atoms with E-state index in [0.717, 1.165) is 17.0 Å². The highest BCUT2D eigenvalue weighted by atomic mass is 35.5. The van der Waals surface area contributed by atoms with Crippen molar-refractivity contribution in [3.05, 3.63) is 131 Å². The Morgan fingerprint density at radius 1 is 0.870 bits per heavy atom. The zero-order valence-electron chi connectivity index (χ0n) is 24.5. The average Bonchev–Trinajstić information content (AvgIpc) is 3.03. The largest absolute Gasteiger partial charge is 0.417 e. The minimum atomic E-state index is -4.92. The van der Waals surface area contributed by atoms with Gasteiger partial charge in [-0.15, -0.1) is 0 Å². The highest BCUT2D eigenvalue weighted by Crippen LogP contribution is 2.38. The van der Waals surface area contributed by atoms with Crippen LogP contribution in [0, 0.1) is 5.82 Å². The molecule has 4 aromatic rings. The molecule has 2 amide bonds. The van der Waals surface area contributed by atoms with Gasteiger partial charge in [0.05, 0.1) is 21.2 Å². The lowest BCUT2D eigenvalue weighted by Gasteiger charge is -2.34. The number of carbonyl (C=O) groups excluding carboxylic acids is 2. The van der Waals surface area contributed by atoms with Crippen LogP contribution in [-0.4, -0.2) is 44.3 Å². The van der Waals surface area contributed by atoms with Crippen molar-refractivity contribution in [3.8, 4) is 0 Å². The van der Waals surface area contributed by atoms with Gasteiger partial charge in [0.1, 0.15) is 18.4 Å². The maximum absolute atomic E-state index is 14.3. The molecule has 0 radical (unpaired) electrons. The number of rotatable bonds is 12. The number of hydrogen-bond donors (Lipinski definition) is 1. The average molecular weight is 676 g/mol. The number of likely N-dealkylation sites (N-methyl/N-ethyl adjacent to an activating group) is 1. The molecule has 0 spiro atoms. The maximum atomic E-state index is 14.3. The number of nitrogens with one attached hydrogen (secondary N) is 1. The molecule has 1 atom stereocenters. The minimum absolute atomic E-state index is 0.0320. The van der Waals surface area contributed by atoms with Crippen LogP contribution in [0.15, 0.2) is 108 Å². The lowest BCUT2D eigenvalue weighted by molar-refractivity contribution is -0.140. The topological polar surface area (TPSA) is 86.8 Å².